The van der Waals surface area contributed by atoms with Crippen LogP contribution < -0.4 is 14.6 Å². The number of hydrazone groups is 1. The fourth-order valence-electron chi connectivity index (χ4n) is 5.06. The number of hydrogen-bond donors (Lipinski definition) is 1. The third-order valence-electron chi connectivity index (χ3n) is 7.61. The molecular weight excluding hydrogens is 647 g/mol. The van der Waals surface area contributed by atoms with E-state index in [9.17, 15) is 31.2 Å². The number of anilines is 3. The lowest BCUT2D eigenvalue weighted by Crippen LogP contribution is -2.38. The number of aryl methyl sites for hydroxylation is 1. The van der Waals surface area contributed by atoms with Crippen LogP contribution in [0.4, 0.5) is 35.0 Å². The molecule has 1 aliphatic heterocycles. The average molecular weight is 680 g/mol. The Morgan fingerprint density at radius 3 is 2.19 bits per heavy atom. The van der Waals surface area contributed by atoms with Gasteiger partial charge in [0, 0.05) is 26.3 Å². The molecule has 0 saturated carbocycles. The molecule has 0 aromatic heterocycles. The van der Waals surface area contributed by atoms with Crippen molar-refractivity contribution in [2.75, 3.05) is 28.7 Å². The molecule has 14 heteroatoms. The number of benzene rings is 4. The van der Waals surface area contributed by atoms with E-state index in [-0.39, 0.29) is 40.2 Å². The molecule has 0 radical (unpaired) electrons. The molecule has 1 heterocycles. The van der Waals surface area contributed by atoms with Gasteiger partial charge in [-0.25, -0.2) is 13.2 Å². The summed E-state index contributed by atoms with van der Waals surface area (Å²) in [5.74, 6) is -1.98. The molecule has 4 aromatic rings. The molecule has 0 spiro atoms. The highest BCUT2D eigenvalue weighted by molar-refractivity contribution is 7.92. The summed E-state index contributed by atoms with van der Waals surface area (Å²) in [5.41, 5.74) is 2.66. The molecule has 0 fully saturated rings. The van der Waals surface area contributed by atoms with Crippen LogP contribution in [0.2, 0.25) is 0 Å². The second-order valence-electron chi connectivity index (χ2n) is 11.2. The number of ether oxygens (including phenoxy) is 1. The first-order valence-electron chi connectivity index (χ1n) is 14.7. The van der Waals surface area contributed by atoms with Crippen LogP contribution in [0, 0.1) is 6.92 Å². The zero-order valence-electron chi connectivity index (χ0n) is 26.2. The lowest BCUT2D eigenvalue weighted by Gasteiger charge is -2.23. The summed E-state index contributed by atoms with van der Waals surface area (Å²) in [6.45, 7) is 1.16. The first-order valence-corrected chi connectivity index (χ1v) is 16.2. The van der Waals surface area contributed by atoms with Crippen LogP contribution in [0.15, 0.2) is 113 Å². The van der Waals surface area contributed by atoms with Gasteiger partial charge in [-0.1, -0.05) is 66.2 Å². The van der Waals surface area contributed by atoms with Crippen LogP contribution in [0.1, 0.15) is 29.2 Å². The van der Waals surface area contributed by atoms with E-state index in [2.05, 4.69) is 9.82 Å². The molecule has 2 amide bonds. The zero-order valence-corrected chi connectivity index (χ0v) is 27.0. The Morgan fingerprint density at radius 2 is 1.56 bits per heavy atom. The van der Waals surface area contributed by atoms with E-state index in [1.165, 1.54) is 37.4 Å². The molecule has 1 unspecified atom stereocenters. The second kappa shape index (κ2) is 13.8. The number of sulfonamides is 1. The molecule has 5 rings (SSSR count). The van der Waals surface area contributed by atoms with Crippen molar-refractivity contribution in [3.05, 3.63) is 120 Å². The van der Waals surface area contributed by atoms with Crippen LogP contribution in [0.3, 0.4) is 0 Å². The van der Waals surface area contributed by atoms with Gasteiger partial charge in [0.25, 0.3) is 10.0 Å². The molecule has 0 aliphatic carbocycles. The van der Waals surface area contributed by atoms with Gasteiger partial charge in [0.05, 0.1) is 28.7 Å². The van der Waals surface area contributed by atoms with E-state index in [1.54, 1.807) is 24.1 Å². The minimum absolute atomic E-state index is 0.000498. The van der Waals surface area contributed by atoms with Crippen molar-refractivity contribution in [3.8, 4) is 0 Å². The quantitative estimate of drug-likeness (QED) is 0.218. The Hall–Kier alpha value is -5.37. The predicted molar refractivity (Wildman–Crippen MR) is 176 cm³/mol. The van der Waals surface area contributed by atoms with Crippen LogP contribution in [0.5, 0.6) is 0 Å². The Morgan fingerprint density at radius 1 is 0.938 bits per heavy atom. The number of hydrogen-bond acceptors (Lipinski definition) is 7. The van der Waals surface area contributed by atoms with Gasteiger partial charge in [0.2, 0.25) is 5.90 Å². The van der Waals surface area contributed by atoms with E-state index in [0.717, 1.165) is 28.8 Å². The summed E-state index contributed by atoms with van der Waals surface area (Å²) in [6, 6.07) is 28.7. The number of nitrogens with zero attached hydrogens (tertiary/aromatic N) is 4. The Balaban J connectivity index is 1.41. The summed E-state index contributed by atoms with van der Waals surface area (Å²) in [5, 5.41) is 6.34. The van der Waals surface area contributed by atoms with Crippen LogP contribution in [-0.4, -0.2) is 51.5 Å². The number of carbonyl (C=O) groups excluding carboxylic acids is 2. The number of para-hydroxylation sites is 1. The summed E-state index contributed by atoms with van der Waals surface area (Å²) in [4.78, 5) is 26.8. The summed E-state index contributed by atoms with van der Waals surface area (Å²) >= 11 is 0. The lowest BCUT2D eigenvalue weighted by atomic mass is 10.0. The van der Waals surface area contributed by atoms with Crippen molar-refractivity contribution in [3.63, 3.8) is 0 Å². The number of rotatable bonds is 8. The van der Waals surface area contributed by atoms with Crippen LogP contribution in [0.25, 0.3) is 0 Å². The van der Waals surface area contributed by atoms with Crippen molar-refractivity contribution < 1.29 is 35.9 Å². The van der Waals surface area contributed by atoms with Gasteiger partial charge in [0.1, 0.15) is 0 Å². The van der Waals surface area contributed by atoms with E-state index in [1.807, 2.05) is 60.7 Å². The SMILES string of the molecule is Cc1ccc(S(=O)(=O)Nc2ccc(N(C)C(=O)OC3=NN(c4ccccc4)C(c4ccccc4)C3)cc2CN(C)C(=O)C(F)(F)F)cc1. The number of carbonyl (C=O) groups is 2. The fourth-order valence-corrected chi connectivity index (χ4v) is 6.16. The second-order valence-corrected chi connectivity index (χ2v) is 12.8. The topological polar surface area (TPSA) is 112 Å². The molecule has 1 atom stereocenters. The molecule has 10 nitrogen and oxygen atoms in total. The molecule has 48 heavy (non-hydrogen) atoms. The highest BCUT2D eigenvalue weighted by atomic mass is 32.2. The van der Waals surface area contributed by atoms with Crippen LogP contribution >= 0.6 is 0 Å². The Kier molecular flexibility index (Phi) is 9.75. The summed E-state index contributed by atoms with van der Waals surface area (Å²) in [7, 11) is -1.83. The van der Waals surface area contributed by atoms with Crippen molar-refractivity contribution in [1.82, 2.24) is 4.90 Å². The molecule has 250 valence electrons. The zero-order chi connectivity index (χ0) is 34.6. The third-order valence-corrected chi connectivity index (χ3v) is 9.00. The Labute approximate surface area is 276 Å². The third kappa shape index (κ3) is 7.77. The molecule has 4 aromatic carbocycles. The van der Waals surface area contributed by atoms with E-state index in [0.29, 0.717) is 4.90 Å². The smallest absolute Gasteiger partial charge is 0.393 e. The van der Waals surface area contributed by atoms with Gasteiger partial charge in [-0.05, 0) is 60.5 Å². The van der Waals surface area contributed by atoms with Crippen LogP contribution in [-0.2, 0) is 26.1 Å². The fraction of sp³-hybridized carbons (Fsp3) is 0.206. The largest absolute Gasteiger partial charge is 0.471 e. The molecule has 1 N–H and O–H groups in total. The van der Waals surface area contributed by atoms with Gasteiger partial charge in [0.15, 0.2) is 0 Å². The number of alkyl halides is 3. The minimum Gasteiger partial charge on any atom is -0.393 e. The van der Waals surface area contributed by atoms with Gasteiger partial charge in [-0.15, -0.1) is 5.10 Å². The summed E-state index contributed by atoms with van der Waals surface area (Å²) in [6.07, 6.45) is -5.72. The van der Waals surface area contributed by atoms with Crippen molar-refractivity contribution in [2.24, 2.45) is 5.10 Å². The highest BCUT2D eigenvalue weighted by Gasteiger charge is 2.41. The lowest BCUT2D eigenvalue weighted by molar-refractivity contribution is -0.184. The van der Waals surface area contributed by atoms with Crippen molar-refractivity contribution in [1.29, 1.82) is 0 Å². The maximum Gasteiger partial charge on any atom is 0.471 e. The monoisotopic (exact) mass is 679 g/mol. The maximum absolute atomic E-state index is 13.4. The average Bonchev–Trinajstić information content (AvgIpc) is 3.49. The number of nitrogens with one attached hydrogen (secondary N) is 1. The van der Waals surface area contributed by atoms with E-state index in [4.69, 9.17) is 4.74 Å². The highest BCUT2D eigenvalue weighted by Crippen LogP contribution is 2.36. The van der Waals surface area contributed by atoms with E-state index < -0.39 is 34.7 Å². The number of halogens is 3. The summed E-state index contributed by atoms with van der Waals surface area (Å²) < 4.78 is 74.0. The number of amides is 2. The normalized spacial score (nSPS) is 14.7. The minimum atomic E-state index is -5.15. The first kappa shape index (κ1) is 34.0. The molecule has 0 bridgehead atoms. The van der Waals surface area contributed by atoms with Gasteiger partial charge in [-0.3, -0.25) is 19.4 Å². The van der Waals surface area contributed by atoms with Gasteiger partial charge < -0.3 is 9.64 Å². The molecule has 1 aliphatic rings. The van der Waals surface area contributed by atoms with Crippen molar-refractivity contribution in [2.45, 2.75) is 37.0 Å². The predicted octanol–water partition coefficient (Wildman–Crippen LogP) is 6.85. The van der Waals surface area contributed by atoms with E-state index >= 15 is 0 Å². The van der Waals surface area contributed by atoms with Gasteiger partial charge in [-0.2, -0.15) is 13.2 Å². The van der Waals surface area contributed by atoms with Crippen molar-refractivity contribution >= 4 is 45.0 Å². The maximum atomic E-state index is 13.4. The standard InChI is InChI=1S/C34H32F3N5O5S/c1-23-14-17-28(18-15-23)48(45,46)39-29-19-16-27(20-25(29)22-40(2)32(43)34(35,36)37)41(3)33(44)47-31-21-30(24-10-6-4-7-11-24)42(38-31)26-12-8-5-9-13-26/h4-20,30,39H,21-22H2,1-3H3. The first-order chi connectivity index (χ1) is 22.7. The molecule has 0 saturated heterocycles. The Bertz CT molecular complexity index is 1920. The molecular formula is C34H32F3N5O5S. The van der Waals surface area contributed by atoms with Gasteiger partial charge >= 0.3 is 18.2 Å².